The number of nitrogens with zero attached hydrogens (tertiary/aromatic N) is 2. The van der Waals surface area contributed by atoms with Gasteiger partial charge in [0.2, 0.25) is 6.10 Å². The first-order chi connectivity index (χ1) is 14.8. The second-order valence-corrected chi connectivity index (χ2v) is 8.69. The van der Waals surface area contributed by atoms with Crippen LogP contribution in [0.4, 0.5) is 0 Å². The molecule has 3 atom stereocenters. The lowest BCUT2D eigenvalue weighted by atomic mass is 9.83. The van der Waals surface area contributed by atoms with Crippen LogP contribution in [0.15, 0.2) is 54.6 Å². The minimum Gasteiger partial charge on any atom is -0.485 e. The molecular weight excluding hydrogens is 376 g/mol. The van der Waals surface area contributed by atoms with Crippen molar-refractivity contribution in [3.05, 3.63) is 60.2 Å². The summed E-state index contributed by atoms with van der Waals surface area (Å²) in [6.45, 7) is 4.38. The lowest BCUT2D eigenvalue weighted by Gasteiger charge is -2.48. The van der Waals surface area contributed by atoms with Gasteiger partial charge < -0.3 is 19.3 Å². The number of fused-ring (bicyclic) bond motifs is 2. The number of hydrogen-bond acceptors (Lipinski definition) is 4. The highest BCUT2D eigenvalue weighted by Crippen LogP contribution is 2.34. The maximum Gasteiger partial charge on any atom is 0.267 e. The fraction of sp³-hybridized carbons (Fsp3) is 0.480. The fourth-order valence-corrected chi connectivity index (χ4v) is 5.21. The molecule has 0 unspecified atom stereocenters. The molecule has 0 spiro atoms. The number of para-hydroxylation sites is 2. The molecule has 2 saturated heterocycles. The van der Waals surface area contributed by atoms with Gasteiger partial charge in [0.05, 0.1) is 0 Å². The van der Waals surface area contributed by atoms with E-state index in [1.165, 1.54) is 12.0 Å². The molecule has 3 aliphatic heterocycles. The molecule has 0 aromatic heterocycles. The third kappa shape index (κ3) is 4.04. The summed E-state index contributed by atoms with van der Waals surface area (Å²) in [4.78, 5) is 18.0. The van der Waals surface area contributed by atoms with Gasteiger partial charge in [-0.3, -0.25) is 4.79 Å². The van der Waals surface area contributed by atoms with Gasteiger partial charge in [-0.05, 0) is 49.3 Å². The van der Waals surface area contributed by atoms with Crippen LogP contribution in [0, 0.1) is 5.92 Å². The van der Waals surface area contributed by atoms with Crippen LogP contribution in [-0.2, 0) is 11.2 Å². The number of benzene rings is 2. The lowest BCUT2D eigenvalue weighted by molar-refractivity contribution is -0.148. The van der Waals surface area contributed by atoms with E-state index < -0.39 is 6.10 Å². The Balaban J connectivity index is 1.19. The highest BCUT2D eigenvalue weighted by atomic mass is 16.6. The quantitative estimate of drug-likeness (QED) is 0.781. The van der Waals surface area contributed by atoms with Crippen molar-refractivity contribution in [1.82, 2.24) is 9.80 Å². The Morgan fingerprint density at radius 1 is 0.967 bits per heavy atom. The average molecular weight is 407 g/mol. The molecule has 5 heteroatoms. The van der Waals surface area contributed by atoms with E-state index in [4.69, 9.17) is 9.47 Å². The zero-order chi connectivity index (χ0) is 20.3. The zero-order valence-electron chi connectivity index (χ0n) is 17.4. The second-order valence-electron chi connectivity index (χ2n) is 8.69. The molecule has 2 fully saturated rings. The molecule has 3 heterocycles. The Labute approximate surface area is 178 Å². The van der Waals surface area contributed by atoms with E-state index in [1.54, 1.807) is 0 Å². The summed E-state index contributed by atoms with van der Waals surface area (Å²) in [7, 11) is 0. The van der Waals surface area contributed by atoms with Crippen LogP contribution in [0.2, 0.25) is 0 Å². The maximum absolute atomic E-state index is 13.3. The lowest BCUT2D eigenvalue weighted by Crippen LogP contribution is -2.59. The first-order valence-corrected chi connectivity index (χ1v) is 11.2. The van der Waals surface area contributed by atoms with Gasteiger partial charge in [0.15, 0.2) is 11.5 Å². The third-order valence-corrected chi connectivity index (χ3v) is 6.78. The van der Waals surface area contributed by atoms with Gasteiger partial charge in [0.1, 0.15) is 6.61 Å². The van der Waals surface area contributed by atoms with Crippen molar-refractivity contribution in [2.75, 3.05) is 32.8 Å². The Hall–Kier alpha value is -2.53. The predicted molar refractivity (Wildman–Crippen MR) is 116 cm³/mol. The molecule has 0 radical (unpaired) electrons. The molecule has 1 amide bonds. The van der Waals surface area contributed by atoms with Gasteiger partial charge in [-0.25, -0.2) is 0 Å². The minimum absolute atomic E-state index is 0.0944. The Morgan fingerprint density at radius 3 is 2.63 bits per heavy atom. The molecule has 2 aromatic rings. The molecule has 158 valence electrons. The molecule has 2 aromatic carbocycles. The van der Waals surface area contributed by atoms with Gasteiger partial charge in [0.25, 0.3) is 5.91 Å². The number of carbonyl (C=O) groups excluding carboxylic acids is 1. The van der Waals surface area contributed by atoms with Crippen molar-refractivity contribution < 1.29 is 14.3 Å². The van der Waals surface area contributed by atoms with Crippen molar-refractivity contribution in [1.29, 1.82) is 0 Å². The summed E-state index contributed by atoms with van der Waals surface area (Å²) < 4.78 is 11.8. The van der Waals surface area contributed by atoms with Crippen molar-refractivity contribution in [3.63, 3.8) is 0 Å². The molecular formula is C25H30N2O3. The van der Waals surface area contributed by atoms with Gasteiger partial charge in [-0.2, -0.15) is 0 Å². The van der Waals surface area contributed by atoms with Gasteiger partial charge >= 0.3 is 0 Å². The number of rotatable bonds is 4. The van der Waals surface area contributed by atoms with E-state index in [1.807, 2.05) is 24.3 Å². The monoisotopic (exact) mass is 406 g/mol. The van der Waals surface area contributed by atoms with Crippen LogP contribution in [0.1, 0.15) is 24.8 Å². The van der Waals surface area contributed by atoms with E-state index >= 15 is 0 Å². The van der Waals surface area contributed by atoms with Gasteiger partial charge in [-0.15, -0.1) is 0 Å². The standard InChI is InChI=1S/C25H30N2O3/c28-25(24-18-29-22-10-4-5-11-23(22)30-24)27-14-6-9-20-17-26(16-13-21(20)27)15-12-19-7-2-1-3-8-19/h1-5,7-8,10-11,20-21,24H,6,9,12-18H2/t20-,21+,24-/m1/s1. The summed E-state index contributed by atoms with van der Waals surface area (Å²) in [5.41, 5.74) is 1.40. The molecule has 0 bridgehead atoms. The number of ether oxygens (including phenoxy) is 2. The molecule has 3 aliphatic rings. The minimum atomic E-state index is -0.533. The van der Waals surface area contributed by atoms with E-state index in [-0.39, 0.29) is 5.91 Å². The van der Waals surface area contributed by atoms with Crippen LogP contribution in [0.3, 0.4) is 0 Å². The highest BCUT2D eigenvalue weighted by Gasteiger charge is 2.41. The molecule has 0 saturated carbocycles. The smallest absolute Gasteiger partial charge is 0.267 e. The third-order valence-electron chi connectivity index (χ3n) is 6.78. The Bertz CT molecular complexity index is 872. The van der Waals surface area contributed by atoms with E-state index in [0.29, 0.717) is 24.3 Å². The van der Waals surface area contributed by atoms with Crippen LogP contribution in [0.25, 0.3) is 0 Å². The molecule has 0 N–H and O–H groups in total. The zero-order valence-corrected chi connectivity index (χ0v) is 17.4. The maximum atomic E-state index is 13.3. The van der Waals surface area contributed by atoms with Crippen molar-refractivity contribution in [2.45, 2.75) is 37.8 Å². The second kappa shape index (κ2) is 8.68. The number of piperidine rings is 2. The van der Waals surface area contributed by atoms with Crippen molar-refractivity contribution in [2.24, 2.45) is 5.92 Å². The first kappa shape index (κ1) is 19.4. The Kier molecular flexibility index (Phi) is 5.63. The SMILES string of the molecule is O=C([C@H]1COc2ccccc2O1)N1CCC[C@@H]2CN(CCc3ccccc3)CC[C@@H]21. The molecule has 5 rings (SSSR count). The van der Waals surface area contributed by atoms with E-state index in [9.17, 15) is 4.79 Å². The number of amides is 1. The van der Waals surface area contributed by atoms with Crippen LogP contribution in [0.5, 0.6) is 11.5 Å². The van der Waals surface area contributed by atoms with Crippen LogP contribution < -0.4 is 9.47 Å². The molecule has 0 aliphatic carbocycles. The Morgan fingerprint density at radius 2 is 1.77 bits per heavy atom. The normalized spacial score (nSPS) is 26.1. The van der Waals surface area contributed by atoms with E-state index in [0.717, 1.165) is 51.2 Å². The van der Waals surface area contributed by atoms with Crippen LogP contribution >= 0.6 is 0 Å². The summed E-state index contributed by atoms with van der Waals surface area (Å²) in [5.74, 6) is 2.05. The van der Waals surface area contributed by atoms with Gasteiger partial charge in [-0.1, -0.05) is 42.5 Å². The van der Waals surface area contributed by atoms with Crippen molar-refractivity contribution >= 4 is 5.91 Å². The number of likely N-dealkylation sites (tertiary alicyclic amines) is 2. The first-order valence-electron chi connectivity index (χ1n) is 11.2. The molecule has 5 nitrogen and oxygen atoms in total. The highest BCUT2D eigenvalue weighted by molar-refractivity contribution is 5.82. The fourth-order valence-electron chi connectivity index (χ4n) is 5.21. The summed E-state index contributed by atoms with van der Waals surface area (Å²) in [6, 6.07) is 18.6. The predicted octanol–water partition coefficient (Wildman–Crippen LogP) is 3.38. The van der Waals surface area contributed by atoms with Crippen LogP contribution in [-0.4, -0.2) is 60.6 Å². The van der Waals surface area contributed by atoms with Crippen molar-refractivity contribution in [3.8, 4) is 11.5 Å². The molecule has 30 heavy (non-hydrogen) atoms. The number of hydrogen-bond donors (Lipinski definition) is 0. The van der Waals surface area contributed by atoms with Gasteiger partial charge in [0, 0.05) is 32.2 Å². The summed E-state index contributed by atoms with van der Waals surface area (Å²) in [5, 5.41) is 0. The number of carbonyl (C=O) groups is 1. The average Bonchev–Trinajstić information content (AvgIpc) is 2.82. The summed E-state index contributed by atoms with van der Waals surface area (Å²) in [6.07, 6.45) is 3.89. The largest absolute Gasteiger partial charge is 0.485 e. The topological polar surface area (TPSA) is 42.0 Å². The summed E-state index contributed by atoms with van der Waals surface area (Å²) >= 11 is 0. The van der Waals surface area contributed by atoms with E-state index in [2.05, 4.69) is 40.1 Å².